The third-order valence-corrected chi connectivity index (χ3v) is 6.21. The van der Waals surface area contributed by atoms with Crippen LogP contribution in [0.25, 0.3) is 11.3 Å². The first kappa shape index (κ1) is 24.4. The Balaban J connectivity index is 0.00000160. The van der Waals surface area contributed by atoms with Gasteiger partial charge in [0.15, 0.2) is 0 Å². The molecule has 1 aliphatic carbocycles. The highest BCUT2D eigenvalue weighted by molar-refractivity contribution is 5.99. The van der Waals surface area contributed by atoms with Gasteiger partial charge in [-0.15, -0.1) is 24.8 Å². The Kier molecular flexibility index (Phi) is 7.41. The first-order chi connectivity index (χ1) is 13.3. The molecule has 0 saturated heterocycles. The van der Waals surface area contributed by atoms with E-state index in [0.29, 0.717) is 18.8 Å². The number of amides is 1. The molecule has 164 valence electrons. The molecule has 0 bridgehead atoms. The van der Waals surface area contributed by atoms with E-state index in [2.05, 4.69) is 16.4 Å². The molecular formula is C22H29Cl2N3O3. The highest BCUT2D eigenvalue weighted by atomic mass is 35.5. The van der Waals surface area contributed by atoms with Gasteiger partial charge in [0.25, 0.3) is 0 Å². The lowest BCUT2D eigenvalue weighted by atomic mass is 9.54. The second-order valence-corrected chi connectivity index (χ2v) is 8.12. The summed E-state index contributed by atoms with van der Waals surface area (Å²) in [6, 6.07) is 11.7. The minimum absolute atomic E-state index is 0. The Morgan fingerprint density at radius 3 is 2.77 bits per heavy atom. The van der Waals surface area contributed by atoms with Crippen LogP contribution in [0.15, 0.2) is 36.4 Å². The molecule has 3 N–H and O–H groups in total. The molecule has 30 heavy (non-hydrogen) atoms. The fraction of sp³-hybridized carbons (Fsp3) is 0.455. The Morgan fingerprint density at radius 1 is 1.30 bits per heavy atom. The zero-order valence-corrected chi connectivity index (χ0v) is 19.1. The Hall–Kier alpha value is -1.86. The first-order valence-electron chi connectivity index (χ1n) is 9.80. The summed E-state index contributed by atoms with van der Waals surface area (Å²) in [5.74, 6) is 1.22. The van der Waals surface area contributed by atoms with E-state index >= 15 is 0 Å². The molecule has 2 aromatic rings. The Bertz CT molecular complexity index is 922. The van der Waals surface area contributed by atoms with Gasteiger partial charge in [0, 0.05) is 30.4 Å². The van der Waals surface area contributed by atoms with Crippen LogP contribution in [0, 0.1) is 5.41 Å². The maximum atomic E-state index is 12.9. The summed E-state index contributed by atoms with van der Waals surface area (Å²) in [4.78, 5) is 17.6. The lowest BCUT2D eigenvalue weighted by Gasteiger charge is -2.57. The average molecular weight is 454 g/mol. The first-order valence-corrected chi connectivity index (χ1v) is 9.80. The number of nitrogens with one attached hydrogen (secondary N) is 1. The molecule has 0 spiro atoms. The molecular weight excluding hydrogens is 425 g/mol. The number of nitrogens with zero attached hydrogens (tertiary/aromatic N) is 1. The number of halogens is 2. The second kappa shape index (κ2) is 9.10. The number of carbonyl (C=O) groups is 1. The maximum absolute atomic E-state index is 12.9. The Labute approximate surface area is 189 Å². The summed E-state index contributed by atoms with van der Waals surface area (Å²) in [7, 11) is 0. The van der Waals surface area contributed by atoms with Crippen molar-refractivity contribution in [2.75, 3.05) is 18.5 Å². The van der Waals surface area contributed by atoms with Gasteiger partial charge in [0.1, 0.15) is 17.1 Å². The van der Waals surface area contributed by atoms with E-state index in [-0.39, 0.29) is 36.8 Å². The molecule has 2 aliphatic rings. The van der Waals surface area contributed by atoms with Crippen molar-refractivity contribution in [2.45, 2.75) is 45.3 Å². The molecule has 2 unspecified atom stereocenters. The highest BCUT2D eigenvalue weighted by Gasteiger charge is 2.62. The topological polar surface area (TPSA) is 86.5 Å². The van der Waals surface area contributed by atoms with E-state index in [4.69, 9.17) is 15.2 Å². The molecule has 1 aromatic heterocycles. The van der Waals surface area contributed by atoms with Crippen molar-refractivity contribution < 1.29 is 14.3 Å². The number of anilines is 1. The van der Waals surface area contributed by atoms with Crippen LogP contribution in [0.2, 0.25) is 0 Å². The monoisotopic (exact) mass is 453 g/mol. The van der Waals surface area contributed by atoms with Crippen LogP contribution in [0.4, 0.5) is 5.82 Å². The van der Waals surface area contributed by atoms with Crippen molar-refractivity contribution in [3.8, 4) is 17.0 Å². The fourth-order valence-electron chi connectivity index (χ4n) is 4.06. The van der Waals surface area contributed by atoms with Crippen LogP contribution >= 0.6 is 24.8 Å². The van der Waals surface area contributed by atoms with Crippen molar-refractivity contribution in [2.24, 2.45) is 11.1 Å². The third kappa shape index (κ3) is 4.02. The fourth-order valence-corrected chi connectivity index (χ4v) is 4.06. The van der Waals surface area contributed by atoms with E-state index in [1.807, 2.05) is 45.0 Å². The van der Waals surface area contributed by atoms with Gasteiger partial charge in [0.05, 0.1) is 18.4 Å². The number of ether oxygens (including phenoxy) is 2. The van der Waals surface area contributed by atoms with Crippen LogP contribution in [-0.4, -0.2) is 35.7 Å². The van der Waals surface area contributed by atoms with Gasteiger partial charge in [-0.3, -0.25) is 4.79 Å². The maximum Gasteiger partial charge on any atom is 0.246 e. The molecule has 0 radical (unpaired) electrons. The molecule has 2 atom stereocenters. The van der Waals surface area contributed by atoms with E-state index in [1.54, 1.807) is 6.07 Å². The number of benzene rings is 1. The summed E-state index contributed by atoms with van der Waals surface area (Å²) in [6.07, 6.45) is 1.40. The quantitative estimate of drug-likeness (QED) is 0.714. The standard InChI is InChI=1S/C22H27N3O3.2ClH/c1-4-27-18-13-22(23,21(18,2)3)20(26)25-19-7-5-6-16(24-19)14-8-9-17-15(12-14)10-11-28-17;;/h5-9,12,18H,4,10-11,13,23H2,1-3H3,(H,24,25,26);2*1H. The number of fused-ring (bicyclic) bond motifs is 1. The predicted octanol–water partition coefficient (Wildman–Crippen LogP) is 4.00. The van der Waals surface area contributed by atoms with Crippen LogP contribution in [-0.2, 0) is 16.0 Å². The van der Waals surface area contributed by atoms with Gasteiger partial charge in [-0.1, -0.05) is 19.9 Å². The normalized spacial score (nSPS) is 23.1. The molecule has 1 saturated carbocycles. The predicted molar refractivity (Wildman–Crippen MR) is 123 cm³/mol. The Morgan fingerprint density at radius 2 is 2.07 bits per heavy atom. The average Bonchev–Trinajstić information content (AvgIpc) is 3.15. The van der Waals surface area contributed by atoms with Gasteiger partial charge in [-0.2, -0.15) is 0 Å². The number of nitrogens with two attached hydrogens (primary N) is 1. The minimum atomic E-state index is -0.977. The lowest BCUT2D eigenvalue weighted by molar-refractivity contribution is -0.166. The third-order valence-electron chi connectivity index (χ3n) is 6.21. The van der Waals surface area contributed by atoms with E-state index in [1.165, 1.54) is 5.56 Å². The molecule has 1 aromatic carbocycles. The lowest BCUT2D eigenvalue weighted by Crippen LogP contribution is -2.74. The number of hydrogen-bond donors (Lipinski definition) is 2. The number of pyridine rings is 1. The highest BCUT2D eigenvalue weighted by Crippen LogP contribution is 2.50. The zero-order chi connectivity index (χ0) is 19.9. The largest absolute Gasteiger partial charge is 0.493 e. The van der Waals surface area contributed by atoms with Crippen molar-refractivity contribution in [1.82, 2.24) is 4.98 Å². The molecule has 6 nitrogen and oxygen atoms in total. The van der Waals surface area contributed by atoms with Gasteiger partial charge < -0.3 is 20.5 Å². The molecule has 2 heterocycles. The summed E-state index contributed by atoms with van der Waals surface area (Å²) < 4.78 is 11.3. The van der Waals surface area contributed by atoms with Crippen molar-refractivity contribution in [3.63, 3.8) is 0 Å². The smallest absolute Gasteiger partial charge is 0.246 e. The number of rotatable bonds is 5. The second-order valence-electron chi connectivity index (χ2n) is 8.12. The molecule has 1 amide bonds. The SMILES string of the molecule is CCOC1CC(N)(C(=O)Nc2cccc(-c3ccc4c(c3)CCO4)n2)C1(C)C.Cl.Cl. The van der Waals surface area contributed by atoms with Gasteiger partial charge >= 0.3 is 0 Å². The molecule has 4 rings (SSSR count). The van der Waals surface area contributed by atoms with Gasteiger partial charge in [-0.05, 0) is 42.8 Å². The number of carbonyl (C=O) groups excluding carboxylic acids is 1. The van der Waals surface area contributed by atoms with Gasteiger partial charge in [0.2, 0.25) is 5.91 Å². The molecule has 1 aliphatic heterocycles. The van der Waals surface area contributed by atoms with E-state index in [0.717, 1.165) is 30.0 Å². The number of hydrogen-bond acceptors (Lipinski definition) is 5. The zero-order valence-electron chi connectivity index (χ0n) is 17.4. The summed E-state index contributed by atoms with van der Waals surface area (Å²) in [5, 5.41) is 2.91. The van der Waals surface area contributed by atoms with Crippen LogP contribution in [0.5, 0.6) is 5.75 Å². The molecule has 1 fully saturated rings. The van der Waals surface area contributed by atoms with Crippen LogP contribution in [0.3, 0.4) is 0 Å². The minimum Gasteiger partial charge on any atom is -0.493 e. The summed E-state index contributed by atoms with van der Waals surface area (Å²) in [6.45, 7) is 7.24. The van der Waals surface area contributed by atoms with Crippen molar-refractivity contribution in [1.29, 1.82) is 0 Å². The van der Waals surface area contributed by atoms with Crippen molar-refractivity contribution in [3.05, 3.63) is 42.0 Å². The summed E-state index contributed by atoms with van der Waals surface area (Å²) >= 11 is 0. The van der Waals surface area contributed by atoms with Crippen LogP contribution in [0.1, 0.15) is 32.8 Å². The van der Waals surface area contributed by atoms with Crippen molar-refractivity contribution >= 4 is 36.5 Å². The summed E-state index contributed by atoms with van der Waals surface area (Å²) in [5.41, 5.74) is 8.05. The van der Waals surface area contributed by atoms with E-state index < -0.39 is 11.0 Å². The van der Waals surface area contributed by atoms with Crippen LogP contribution < -0.4 is 15.8 Å². The van der Waals surface area contributed by atoms with E-state index in [9.17, 15) is 4.79 Å². The number of aromatic nitrogens is 1. The molecule has 8 heteroatoms. The van der Waals surface area contributed by atoms with Gasteiger partial charge in [-0.25, -0.2) is 4.98 Å².